The summed E-state index contributed by atoms with van der Waals surface area (Å²) in [7, 11) is 0. The van der Waals surface area contributed by atoms with Crippen LogP contribution in [0.1, 0.15) is 54.4 Å². The number of nitrogens with two attached hydrogens (primary N) is 2. The lowest BCUT2D eigenvalue weighted by molar-refractivity contribution is -0.115. The molecule has 0 heterocycles. The quantitative estimate of drug-likeness (QED) is 0.744. The fraction of sp³-hybridized carbons (Fsp3) is 0.909. The summed E-state index contributed by atoms with van der Waals surface area (Å²) in [5.74, 6) is 0.0324. The molecule has 0 saturated heterocycles. The average molecular weight is 206 g/mol. The van der Waals surface area contributed by atoms with Gasteiger partial charge in [-0.1, -0.05) is 41.0 Å². The first kappa shape index (κ1) is 23.4. The highest BCUT2D eigenvalue weighted by Gasteiger charge is 1.76. The monoisotopic (exact) mass is 206 g/mol. The van der Waals surface area contributed by atoms with Gasteiger partial charge in [0.25, 0.3) is 0 Å². The van der Waals surface area contributed by atoms with Crippen LogP contribution in [0.15, 0.2) is 0 Å². The zero-order valence-corrected chi connectivity index (χ0v) is 10.9. The summed E-state index contributed by atoms with van der Waals surface area (Å²) in [5, 5.41) is 0. The third-order valence-corrected chi connectivity index (χ3v) is 0.845. The van der Waals surface area contributed by atoms with E-state index >= 15 is 0 Å². The topological polar surface area (TPSA) is 69.1 Å². The number of hydrogen-bond donors (Lipinski definition) is 2. The number of Topliss-reactive ketones (excluding diaryl/α,β-unsaturated/α-hetero) is 1. The van der Waals surface area contributed by atoms with E-state index in [4.69, 9.17) is 11.5 Å². The molecule has 0 unspecified atom stereocenters. The zero-order chi connectivity index (χ0) is 12.4. The second-order valence-corrected chi connectivity index (χ2v) is 2.05. The number of rotatable bonds is 3. The van der Waals surface area contributed by atoms with Crippen LogP contribution in [0.3, 0.4) is 0 Å². The molecule has 0 bridgehead atoms. The van der Waals surface area contributed by atoms with Crippen LogP contribution in [0, 0.1) is 0 Å². The Bertz CT molecular complexity index is 73.7. The van der Waals surface area contributed by atoms with E-state index in [1.807, 2.05) is 27.7 Å². The Morgan fingerprint density at radius 2 is 1.36 bits per heavy atom. The van der Waals surface area contributed by atoms with Gasteiger partial charge < -0.3 is 11.5 Å². The summed E-state index contributed by atoms with van der Waals surface area (Å²) in [6, 6.07) is 0. The van der Waals surface area contributed by atoms with Gasteiger partial charge in [0.05, 0.1) is 6.54 Å². The van der Waals surface area contributed by atoms with E-state index in [0.717, 1.165) is 6.54 Å². The van der Waals surface area contributed by atoms with E-state index in [2.05, 4.69) is 6.92 Å². The minimum Gasteiger partial charge on any atom is -0.330 e. The molecule has 0 aromatic rings. The molecule has 0 rings (SSSR count). The number of carbonyl (C=O) groups excluding carboxylic acids is 1. The van der Waals surface area contributed by atoms with E-state index in [1.165, 1.54) is 19.8 Å². The molecule has 3 nitrogen and oxygen atoms in total. The molecule has 4 N–H and O–H groups in total. The molecule has 3 heteroatoms. The van der Waals surface area contributed by atoms with Gasteiger partial charge in [0, 0.05) is 0 Å². The van der Waals surface area contributed by atoms with E-state index < -0.39 is 0 Å². The minimum atomic E-state index is 0.0324. The summed E-state index contributed by atoms with van der Waals surface area (Å²) in [6.45, 7) is 12.6. The maximum atomic E-state index is 9.69. The van der Waals surface area contributed by atoms with Gasteiger partial charge in [0.15, 0.2) is 0 Å². The smallest absolute Gasteiger partial charge is 0.143 e. The van der Waals surface area contributed by atoms with Gasteiger partial charge in [0.1, 0.15) is 5.78 Å². The lowest BCUT2D eigenvalue weighted by Gasteiger charge is -1.80. The van der Waals surface area contributed by atoms with Crippen molar-refractivity contribution >= 4 is 5.78 Å². The third kappa shape index (κ3) is 101. The summed E-state index contributed by atoms with van der Waals surface area (Å²) in [6.07, 6.45) is 2.39. The molecule has 14 heavy (non-hydrogen) atoms. The average Bonchev–Trinajstić information content (AvgIpc) is 2.26. The van der Waals surface area contributed by atoms with Crippen LogP contribution in [-0.2, 0) is 4.79 Å². The number of carbonyl (C=O) groups is 1. The molecule has 0 atom stereocenters. The van der Waals surface area contributed by atoms with Crippen molar-refractivity contribution in [3.63, 3.8) is 0 Å². The molecular weight excluding hydrogens is 176 g/mol. The highest BCUT2D eigenvalue weighted by Crippen LogP contribution is 1.77. The number of hydrogen-bond acceptors (Lipinski definition) is 3. The summed E-state index contributed by atoms with van der Waals surface area (Å²) < 4.78 is 0. The Labute approximate surface area is 90.2 Å². The largest absolute Gasteiger partial charge is 0.330 e. The first-order valence-corrected chi connectivity index (χ1v) is 5.58. The van der Waals surface area contributed by atoms with Gasteiger partial charge in [-0.25, -0.2) is 0 Å². The molecule has 0 fully saturated rings. The van der Waals surface area contributed by atoms with Crippen molar-refractivity contribution in [2.24, 2.45) is 11.5 Å². The second-order valence-electron chi connectivity index (χ2n) is 2.05. The van der Waals surface area contributed by atoms with Crippen molar-refractivity contribution in [3.8, 4) is 0 Å². The molecule has 0 aliphatic carbocycles. The van der Waals surface area contributed by atoms with E-state index in [-0.39, 0.29) is 12.3 Å². The maximum absolute atomic E-state index is 9.69. The van der Waals surface area contributed by atoms with Gasteiger partial charge in [-0.05, 0) is 19.9 Å². The highest BCUT2D eigenvalue weighted by atomic mass is 16.1. The molecule has 0 spiro atoms. The van der Waals surface area contributed by atoms with E-state index in [1.54, 1.807) is 0 Å². The van der Waals surface area contributed by atoms with Crippen molar-refractivity contribution in [1.29, 1.82) is 0 Å². The molecule has 0 aliphatic heterocycles. The van der Waals surface area contributed by atoms with Gasteiger partial charge >= 0.3 is 0 Å². The lowest BCUT2D eigenvalue weighted by Crippen LogP contribution is -2.07. The molecular formula is C11H30N2O. The van der Waals surface area contributed by atoms with Crippen LogP contribution in [0.4, 0.5) is 0 Å². The predicted octanol–water partition coefficient (Wildman–Crippen LogP) is 2.33. The van der Waals surface area contributed by atoms with Gasteiger partial charge in [-0.15, -0.1) is 0 Å². The predicted molar refractivity (Wildman–Crippen MR) is 66.4 cm³/mol. The Balaban J connectivity index is -0.0000000528. The standard InChI is InChI=1S/C4H11N.C3H7NO.2C2H6/c1-2-3-4-5;1-3(5)2-4;2*1-2/h2-5H2,1H3;2,4H2,1H3;2*1-2H3. The Morgan fingerprint density at radius 3 is 1.36 bits per heavy atom. The Hall–Kier alpha value is -0.410. The Kier molecular flexibility index (Phi) is 65.2. The highest BCUT2D eigenvalue weighted by molar-refractivity contribution is 5.77. The number of ketones is 1. The van der Waals surface area contributed by atoms with Crippen LogP contribution in [0.25, 0.3) is 0 Å². The summed E-state index contributed by atoms with van der Waals surface area (Å²) >= 11 is 0. The first-order valence-electron chi connectivity index (χ1n) is 5.58. The molecule has 0 saturated carbocycles. The Morgan fingerprint density at radius 1 is 1.07 bits per heavy atom. The molecule has 0 aliphatic rings. The zero-order valence-electron chi connectivity index (χ0n) is 10.9. The van der Waals surface area contributed by atoms with E-state index in [9.17, 15) is 4.79 Å². The van der Waals surface area contributed by atoms with Crippen molar-refractivity contribution in [1.82, 2.24) is 0 Å². The van der Waals surface area contributed by atoms with Crippen molar-refractivity contribution < 1.29 is 4.79 Å². The lowest BCUT2D eigenvalue weighted by atomic mass is 10.3. The summed E-state index contributed by atoms with van der Waals surface area (Å²) in [4.78, 5) is 9.69. The van der Waals surface area contributed by atoms with Gasteiger partial charge in [-0.3, -0.25) is 4.79 Å². The normalized spacial score (nSPS) is 6.57. The molecule has 0 amide bonds. The molecule has 0 radical (unpaired) electrons. The van der Waals surface area contributed by atoms with Crippen molar-refractivity contribution in [3.05, 3.63) is 0 Å². The van der Waals surface area contributed by atoms with Crippen LogP contribution >= 0.6 is 0 Å². The SMILES string of the molecule is CC.CC.CC(=O)CN.CCCCN. The third-order valence-electron chi connectivity index (χ3n) is 0.845. The molecule has 90 valence electrons. The van der Waals surface area contributed by atoms with Gasteiger partial charge in [0.2, 0.25) is 0 Å². The second kappa shape index (κ2) is 38.9. The van der Waals surface area contributed by atoms with Crippen LogP contribution in [-0.4, -0.2) is 18.9 Å². The van der Waals surface area contributed by atoms with Crippen LogP contribution in [0.2, 0.25) is 0 Å². The van der Waals surface area contributed by atoms with Crippen molar-refractivity contribution in [2.75, 3.05) is 13.1 Å². The molecule has 0 aromatic heterocycles. The number of unbranched alkanes of at least 4 members (excludes halogenated alkanes) is 1. The minimum absolute atomic E-state index is 0.0324. The van der Waals surface area contributed by atoms with Crippen LogP contribution in [0.5, 0.6) is 0 Å². The van der Waals surface area contributed by atoms with Crippen molar-refractivity contribution in [2.45, 2.75) is 54.4 Å². The van der Waals surface area contributed by atoms with Gasteiger partial charge in [-0.2, -0.15) is 0 Å². The fourth-order valence-electron chi connectivity index (χ4n) is 0.204. The maximum Gasteiger partial charge on any atom is 0.143 e. The summed E-state index contributed by atoms with van der Waals surface area (Å²) in [5.41, 5.74) is 9.96. The first-order chi connectivity index (χ1) is 6.68. The molecule has 0 aromatic carbocycles. The van der Waals surface area contributed by atoms with Crippen LogP contribution < -0.4 is 11.5 Å². The van der Waals surface area contributed by atoms with E-state index in [0.29, 0.717) is 0 Å². The fourth-order valence-corrected chi connectivity index (χ4v) is 0.204.